The maximum atomic E-state index is 10.7. The maximum absolute atomic E-state index is 10.7. The molecule has 0 bridgehead atoms. The number of nitrogens with zero attached hydrogens (tertiary/aromatic N) is 1. The van der Waals surface area contributed by atoms with E-state index < -0.39 is 5.60 Å². The van der Waals surface area contributed by atoms with E-state index in [9.17, 15) is 5.11 Å². The summed E-state index contributed by atoms with van der Waals surface area (Å²) in [5.74, 6) is 0. The first-order chi connectivity index (χ1) is 8.72. The molecule has 92 valence electrons. The highest BCUT2D eigenvalue weighted by molar-refractivity contribution is 5.53. The van der Waals surface area contributed by atoms with Gasteiger partial charge in [-0.05, 0) is 24.6 Å². The third-order valence-electron chi connectivity index (χ3n) is 3.93. The van der Waals surface area contributed by atoms with Crippen LogP contribution in [0.15, 0.2) is 60.7 Å². The molecule has 0 amide bonds. The zero-order valence-electron chi connectivity index (χ0n) is 10.5. The van der Waals surface area contributed by atoms with Gasteiger partial charge < -0.3 is 10.0 Å². The number of aliphatic hydroxyl groups is 1. The number of rotatable bonds is 2. The van der Waals surface area contributed by atoms with Crippen LogP contribution in [0.5, 0.6) is 0 Å². The number of benzene rings is 2. The van der Waals surface area contributed by atoms with Crippen LogP contribution >= 0.6 is 0 Å². The summed E-state index contributed by atoms with van der Waals surface area (Å²) < 4.78 is 0. The second-order valence-corrected chi connectivity index (χ2v) is 4.93. The van der Waals surface area contributed by atoms with E-state index in [1.807, 2.05) is 48.5 Å². The second kappa shape index (κ2) is 4.14. The zero-order valence-corrected chi connectivity index (χ0v) is 10.5. The fourth-order valence-corrected chi connectivity index (χ4v) is 2.67. The molecule has 0 radical (unpaired) electrons. The number of hydrogen-bond acceptors (Lipinski definition) is 2. The lowest BCUT2D eigenvalue weighted by atomic mass is 9.78. The summed E-state index contributed by atoms with van der Waals surface area (Å²) in [6.07, 6.45) is 0. The van der Waals surface area contributed by atoms with Crippen LogP contribution in [0.1, 0.15) is 12.5 Å². The van der Waals surface area contributed by atoms with Crippen molar-refractivity contribution in [1.82, 2.24) is 0 Å². The maximum Gasteiger partial charge on any atom is 0.127 e. The summed E-state index contributed by atoms with van der Waals surface area (Å²) in [4.78, 5) is 2.23. The Morgan fingerprint density at radius 2 is 1.56 bits per heavy atom. The molecule has 1 aliphatic rings. The third kappa shape index (κ3) is 1.61. The van der Waals surface area contributed by atoms with Crippen molar-refractivity contribution in [2.45, 2.75) is 18.6 Å². The van der Waals surface area contributed by atoms with Crippen LogP contribution in [-0.2, 0) is 5.60 Å². The Balaban J connectivity index is 1.85. The lowest BCUT2D eigenvalue weighted by molar-refractivity contribution is -0.0314. The van der Waals surface area contributed by atoms with Gasteiger partial charge in [-0.1, -0.05) is 48.5 Å². The van der Waals surface area contributed by atoms with E-state index in [0.29, 0.717) is 6.54 Å². The van der Waals surface area contributed by atoms with E-state index in [1.54, 1.807) is 0 Å². The van der Waals surface area contributed by atoms with Gasteiger partial charge in [-0.2, -0.15) is 0 Å². The molecule has 2 nitrogen and oxygen atoms in total. The molecule has 3 rings (SSSR count). The van der Waals surface area contributed by atoms with Crippen molar-refractivity contribution in [2.75, 3.05) is 11.4 Å². The summed E-state index contributed by atoms with van der Waals surface area (Å²) in [6.45, 7) is 2.73. The first-order valence-corrected chi connectivity index (χ1v) is 6.31. The molecular weight excluding hydrogens is 222 g/mol. The van der Waals surface area contributed by atoms with Gasteiger partial charge >= 0.3 is 0 Å². The molecule has 0 aromatic heterocycles. The Labute approximate surface area is 107 Å². The Kier molecular flexibility index (Phi) is 2.60. The SMILES string of the molecule is CC1N(c2ccccc2)CC1(O)c1ccccc1. The Morgan fingerprint density at radius 1 is 1.00 bits per heavy atom. The molecule has 2 aromatic carbocycles. The molecule has 1 heterocycles. The van der Waals surface area contributed by atoms with Crippen LogP contribution in [0.4, 0.5) is 5.69 Å². The monoisotopic (exact) mass is 239 g/mol. The minimum Gasteiger partial charge on any atom is -0.381 e. The first kappa shape index (κ1) is 11.3. The first-order valence-electron chi connectivity index (χ1n) is 6.31. The molecule has 1 fully saturated rings. The third-order valence-corrected chi connectivity index (χ3v) is 3.93. The van der Waals surface area contributed by atoms with Gasteiger partial charge in [-0.25, -0.2) is 0 Å². The molecule has 2 aromatic rings. The highest BCUT2D eigenvalue weighted by Gasteiger charge is 2.49. The van der Waals surface area contributed by atoms with Crippen molar-refractivity contribution in [3.05, 3.63) is 66.2 Å². The molecule has 1 N–H and O–H groups in total. The topological polar surface area (TPSA) is 23.5 Å². The Morgan fingerprint density at radius 3 is 2.11 bits per heavy atom. The second-order valence-electron chi connectivity index (χ2n) is 4.93. The standard InChI is InChI=1S/C16H17NO/c1-13-16(18,14-8-4-2-5-9-14)12-17(13)15-10-6-3-7-11-15/h2-11,13,18H,12H2,1H3. The van der Waals surface area contributed by atoms with Gasteiger partial charge in [0.05, 0.1) is 12.6 Å². The molecule has 0 aliphatic carbocycles. The lowest BCUT2D eigenvalue weighted by Crippen LogP contribution is -2.66. The van der Waals surface area contributed by atoms with E-state index in [4.69, 9.17) is 0 Å². The summed E-state index contributed by atoms with van der Waals surface area (Å²) in [7, 11) is 0. The predicted molar refractivity (Wildman–Crippen MR) is 73.6 cm³/mol. The molecule has 18 heavy (non-hydrogen) atoms. The molecule has 2 atom stereocenters. The van der Waals surface area contributed by atoms with E-state index in [1.165, 1.54) is 5.69 Å². The highest BCUT2D eigenvalue weighted by atomic mass is 16.3. The van der Waals surface area contributed by atoms with E-state index >= 15 is 0 Å². The van der Waals surface area contributed by atoms with Crippen LogP contribution in [-0.4, -0.2) is 17.7 Å². The highest BCUT2D eigenvalue weighted by Crippen LogP contribution is 2.40. The molecule has 1 saturated heterocycles. The molecular formula is C16H17NO. The smallest absolute Gasteiger partial charge is 0.127 e. The van der Waals surface area contributed by atoms with E-state index in [0.717, 1.165) is 5.56 Å². The quantitative estimate of drug-likeness (QED) is 0.871. The molecule has 1 aliphatic heterocycles. The summed E-state index contributed by atoms with van der Waals surface area (Å²) in [5, 5.41) is 10.7. The van der Waals surface area contributed by atoms with Gasteiger partial charge in [0.2, 0.25) is 0 Å². The van der Waals surface area contributed by atoms with E-state index in [-0.39, 0.29) is 6.04 Å². The average Bonchev–Trinajstić information content (AvgIpc) is 2.46. The fraction of sp³-hybridized carbons (Fsp3) is 0.250. The summed E-state index contributed by atoms with van der Waals surface area (Å²) in [6, 6.07) is 20.3. The van der Waals surface area contributed by atoms with Gasteiger partial charge in [-0.15, -0.1) is 0 Å². The molecule has 2 unspecified atom stereocenters. The molecule has 0 saturated carbocycles. The van der Waals surface area contributed by atoms with Crippen molar-refractivity contribution < 1.29 is 5.11 Å². The normalized spacial score (nSPS) is 26.8. The summed E-state index contributed by atoms with van der Waals surface area (Å²) in [5.41, 5.74) is 1.45. The Bertz CT molecular complexity index is 525. The molecule has 0 spiro atoms. The Hall–Kier alpha value is -1.80. The fourth-order valence-electron chi connectivity index (χ4n) is 2.67. The number of para-hydroxylation sites is 1. The van der Waals surface area contributed by atoms with Gasteiger partial charge in [0.1, 0.15) is 5.60 Å². The number of β-amino-alcohol motifs (C(OH)–C–C–N with tert-alkyl or cyclic N) is 1. The summed E-state index contributed by atoms with van der Waals surface area (Å²) >= 11 is 0. The van der Waals surface area contributed by atoms with E-state index in [2.05, 4.69) is 24.0 Å². The number of hydrogen-bond donors (Lipinski definition) is 1. The van der Waals surface area contributed by atoms with Crippen LogP contribution < -0.4 is 4.90 Å². The van der Waals surface area contributed by atoms with Crippen LogP contribution in [0.3, 0.4) is 0 Å². The predicted octanol–water partition coefficient (Wildman–Crippen LogP) is 2.78. The largest absolute Gasteiger partial charge is 0.381 e. The number of anilines is 1. The lowest BCUT2D eigenvalue weighted by Gasteiger charge is -2.54. The average molecular weight is 239 g/mol. The van der Waals surface area contributed by atoms with Crippen molar-refractivity contribution in [2.24, 2.45) is 0 Å². The van der Waals surface area contributed by atoms with Crippen LogP contribution in [0.25, 0.3) is 0 Å². The minimum atomic E-state index is -0.725. The van der Waals surface area contributed by atoms with Gasteiger partial charge in [0, 0.05) is 5.69 Å². The van der Waals surface area contributed by atoms with Crippen molar-refractivity contribution in [1.29, 1.82) is 0 Å². The van der Waals surface area contributed by atoms with Gasteiger partial charge in [0.25, 0.3) is 0 Å². The van der Waals surface area contributed by atoms with Gasteiger partial charge in [-0.3, -0.25) is 0 Å². The van der Waals surface area contributed by atoms with Gasteiger partial charge in [0.15, 0.2) is 0 Å². The van der Waals surface area contributed by atoms with Crippen molar-refractivity contribution in [3.8, 4) is 0 Å². The minimum absolute atomic E-state index is 0.0994. The van der Waals surface area contributed by atoms with Crippen molar-refractivity contribution >= 4 is 5.69 Å². The van der Waals surface area contributed by atoms with Crippen LogP contribution in [0, 0.1) is 0 Å². The molecule has 2 heteroatoms. The van der Waals surface area contributed by atoms with Crippen molar-refractivity contribution in [3.63, 3.8) is 0 Å². The zero-order chi connectivity index (χ0) is 12.6. The van der Waals surface area contributed by atoms with Crippen LogP contribution in [0.2, 0.25) is 0 Å².